The molecule has 19 heavy (non-hydrogen) atoms. The van der Waals surface area contributed by atoms with Crippen molar-refractivity contribution in [1.29, 1.82) is 0 Å². The van der Waals surface area contributed by atoms with Gasteiger partial charge in [0.15, 0.2) is 5.13 Å². The summed E-state index contributed by atoms with van der Waals surface area (Å²) in [4.78, 5) is 17.1. The average Bonchev–Trinajstić information content (AvgIpc) is 2.73. The summed E-state index contributed by atoms with van der Waals surface area (Å²) < 4.78 is 0. The topological polar surface area (TPSA) is 74.2 Å². The van der Waals surface area contributed by atoms with Crippen LogP contribution in [0.15, 0.2) is 6.20 Å². The van der Waals surface area contributed by atoms with Gasteiger partial charge in [-0.25, -0.2) is 9.78 Å². The molecule has 0 radical (unpaired) electrons. The molecule has 3 N–H and O–H groups in total. The van der Waals surface area contributed by atoms with Crippen LogP contribution in [0.25, 0.3) is 0 Å². The van der Waals surface area contributed by atoms with Gasteiger partial charge in [0.1, 0.15) is 0 Å². The van der Waals surface area contributed by atoms with Crippen LogP contribution in [-0.2, 0) is 6.42 Å². The van der Waals surface area contributed by atoms with E-state index in [0.29, 0.717) is 11.0 Å². The van der Waals surface area contributed by atoms with Crippen LogP contribution < -0.4 is 10.6 Å². The van der Waals surface area contributed by atoms with Crippen molar-refractivity contribution in [1.82, 2.24) is 10.3 Å². The molecule has 1 rings (SSSR count). The van der Waals surface area contributed by atoms with Gasteiger partial charge in [0, 0.05) is 23.7 Å². The minimum Gasteiger partial charge on any atom is -0.396 e. The van der Waals surface area contributed by atoms with Gasteiger partial charge in [-0.15, -0.1) is 11.3 Å². The third-order valence-electron chi connectivity index (χ3n) is 2.88. The Bertz CT molecular complexity index is 406. The first-order valence-electron chi connectivity index (χ1n) is 6.55. The molecule has 1 aromatic rings. The molecular formula is C13H23N3O2S. The third-order valence-corrected chi connectivity index (χ3v) is 3.82. The highest BCUT2D eigenvalue weighted by atomic mass is 32.1. The summed E-state index contributed by atoms with van der Waals surface area (Å²) in [5.41, 5.74) is 0. The van der Waals surface area contributed by atoms with Crippen molar-refractivity contribution < 1.29 is 9.90 Å². The van der Waals surface area contributed by atoms with Gasteiger partial charge in [-0.1, -0.05) is 20.8 Å². The zero-order valence-electron chi connectivity index (χ0n) is 11.9. The lowest BCUT2D eigenvalue weighted by molar-refractivity contribution is 0.204. The molecule has 1 aromatic heterocycles. The summed E-state index contributed by atoms with van der Waals surface area (Å²) in [6, 6.07) is -0.363. The van der Waals surface area contributed by atoms with Gasteiger partial charge in [0.05, 0.1) is 0 Å². The zero-order chi connectivity index (χ0) is 14.4. The molecule has 2 atom stereocenters. The molecule has 6 heteroatoms. The summed E-state index contributed by atoms with van der Waals surface area (Å²) in [7, 11) is 0. The number of hydrogen-bond donors (Lipinski definition) is 3. The fraction of sp³-hybridized carbons (Fsp3) is 0.692. The highest BCUT2D eigenvalue weighted by Gasteiger charge is 2.14. The number of carbonyl (C=O) groups excluding carboxylic acids is 1. The fourth-order valence-electron chi connectivity index (χ4n) is 1.50. The van der Waals surface area contributed by atoms with E-state index < -0.39 is 0 Å². The lowest BCUT2D eigenvalue weighted by Gasteiger charge is -2.18. The van der Waals surface area contributed by atoms with Crippen LogP contribution in [0.2, 0.25) is 0 Å². The van der Waals surface area contributed by atoms with Crippen molar-refractivity contribution in [2.45, 2.75) is 40.2 Å². The molecule has 0 saturated heterocycles. The normalized spacial score (nSPS) is 14.2. The molecule has 108 valence electrons. The van der Waals surface area contributed by atoms with Crippen molar-refractivity contribution >= 4 is 22.5 Å². The number of anilines is 1. The minimum absolute atomic E-state index is 0.0264. The molecule has 1 heterocycles. The first kappa shape index (κ1) is 15.9. The summed E-state index contributed by atoms with van der Waals surface area (Å²) in [5.74, 6) is 0.603. The Morgan fingerprint density at radius 3 is 2.68 bits per heavy atom. The Kier molecular flexibility index (Phi) is 6.24. The molecule has 0 aliphatic heterocycles. The van der Waals surface area contributed by atoms with Gasteiger partial charge < -0.3 is 10.4 Å². The first-order valence-corrected chi connectivity index (χ1v) is 7.37. The second-order valence-electron chi connectivity index (χ2n) is 5.28. The van der Waals surface area contributed by atoms with Crippen LogP contribution in [0.4, 0.5) is 9.93 Å². The van der Waals surface area contributed by atoms with Crippen LogP contribution in [0.5, 0.6) is 0 Å². The lowest BCUT2D eigenvalue weighted by atomic mass is 10.1. The van der Waals surface area contributed by atoms with Crippen LogP contribution in [0.3, 0.4) is 0 Å². The Labute approximate surface area is 118 Å². The van der Waals surface area contributed by atoms with Gasteiger partial charge in [0.25, 0.3) is 0 Å². The lowest BCUT2D eigenvalue weighted by Crippen LogP contribution is -2.40. The van der Waals surface area contributed by atoms with E-state index in [1.54, 1.807) is 6.20 Å². The molecular weight excluding hydrogens is 262 g/mol. The van der Waals surface area contributed by atoms with E-state index in [2.05, 4.69) is 29.5 Å². The summed E-state index contributed by atoms with van der Waals surface area (Å²) in [6.07, 6.45) is 2.78. The molecule has 5 nitrogen and oxygen atoms in total. The molecule has 2 amide bonds. The molecule has 0 spiro atoms. The maximum Gasteiger partial charge on any atom is 0.321 e. The molecule has 0 aromatic carbocycles. The highest BCUT2D eigenvalue weighted by Crippen LogP contribution is 2.20. The summed E-state index contributed by atoms with van der Waals surface area (Å²) >= 11 is 1.50. The number of hydrogen-bond acceptors (Lipinski definition) is 4. The largest absolute Gasteiger partial charge is 0.396 e. The zero-order valence-corrected chi connectivity index (χ0v) is 12.8. The molecule has 0 aliphatic rings. The van der Waals surface area contributed by atoms with Crippen molar-refractivity contribution in [3.05, 3.63) is 11.1 Å². The first-order chi connectivity index (χ1) is 8.92. The summed E-state index contributed by atoms with van der Waals surface area (Å²) in [6.45, 7) is 8.10. The second kappa shape index (κ2) is 7.45. The van der Waals surface area contributed by atoms with Gasteiger partial charge in [-0.3, -0.25) is 5.32 Å². The van der Waals surface area contributed by atoms with Crippen molar-refractivity contribution in [3.63, 3.8) is 0 Å². The molecule has 0 bridgehead atoms. The molecule has 0 aliphatic carbocycles. The number of aliphatic hydroxyl groups is 1. The average molecular weight is 285 g/mol. The van der Waals surface area contributed by atoms with E-state index in [1.165, 1.54) is 16.2 Å². The molecule has 0 unspecified atom stereocenters. The number of thiazole rings is 1. The van der Waals surface area contributed by atoms with Gasteiger partial charge in [-0.05, 0) is 25.2 Å². The maximum atomic E-state index is 11.7. The minimum atomic E-state index is -0.279. The smallest absolute Gasteiger partial charge is 0.321 e. The van der Waals surface area contributed by atoms with Crippen LogP contribution in [0.1, 0.15) is 32.6 Å². The van der Waals surface area contributed by atoms with Crippen molar-refractivity contribution in [2.75, 3.05) is 11.9 Å². The number of amides is 2. The second-order valence-corrected chi connectivity index (χ2v) is 6.39. The van der Waals surface area contributed by atoms with Gasteiger partial charge in [-0.2, -0.15) is 0 Å². The Morgan fingerprint density at radius 2 is 2.11 bits per heavy atom. The Hall–Kier alpha value is -1.14. The van der Waals surface area contributed by atoms with Crippen molar-refractivity contribution in [2.24, 2.45) is 11.8 Å². The monoisotopic (exact) mass is 285 g/mol. The predicted octanol–water partition coefficient (Wildman–Crippen LogP) is 2.48. The Balaban J connectivity index is 2.46. The number of carbonyl (C=O) groups is 1. The van der Waals surface area contributed by atoms with Crippen LogP contribution in [-0.4, -0.2) is 28.8 Å². The molecule has 0 fully saturated rings. The molecule has 0 saturated carbocycles. The van der Waals surface area contributed by atoms with E-state index in [9.17, 15) is 4.79 Å². The standard InChI is InChI=1S/C13H23N3O2S/c1-8(2)5-11-6-14-13(19-11)16-12(18)15-10(4)9(3)7-17/h6,8-10,17H,5,7H2,1-4H3,(H2,14,15,16,18)/t9-,10+/m0/s1. The van der Waals surface area contributed by atoms with Crippen molar-refractivity contribution in [3.8, 4) is 0 Å². The number of nitrogens with zero attached hydrogens (tertiary/aromatic N) is 1. The quantitative estimate of drug-likeness (QED) is 0.751. The Morgan fingerprint density at radius 1 is 1.42 bits per heavy atom. The van der Waals surface area contributed by atoms with E-state index in [-0.39, 0.29) is 24.6 Å². The number of rotatable bonds is 6. The maximum absolute atomic E-state index is 11.7. The summed E-state index contributed by atoms with van der Waals surface area (Å²) in [5, 5.41) is 15.1. The van der Waals surface area contributed by atoms with E-state index in [1.807, 2.05) is 13.8 Å². The van der Waals surface area contributed by atoms with Gasteiger partial charge in [0.2, 0.25) is 0 Å². The van der Waals surface area contributed by atoms with E-state index >= 15 is 0 Å². The highest BCUT2D eigenvalue weighted by molar-refractivity contribution is 7.15. The number of nitrogens with one attached hydrogen (secondary N) is 2. The SMILES string of the molecule is CC(C)Cc1cnc(NC(=O)N[C@H](C)[C@@H](C)CO)s1. The van der Waals surface area contributed by atoms with E-state index in [0.717, 1.165) is 6.42 Å². The van der Waals surface area contributed by atoms with Crippen LogP contribution in [0, 0.1) is 11.8 Å². The number of urea groups is 1. The van der Waals surface area contributed by atoms with Crippen LogP contribution >= 0.6 is 11.3 Å². The van der Waals surface area contributed by atoms with Gasteiger partial charge >= 0.3 is 6.03 Å². The predicted molar refractivity (Wildman–Crippen MR) is 78.5 cm³/mol. The third kappa shape index (κ3) is 5.57. The number of aromatic nitrogens is 1. The van der Waals surface area contributed by atoms with E-state index in [4.69, 9.17) is 5.11 Å². The number of aliphatic hydroxyl groups excluding tert-OH is 1. The fourth-order valence-corrected chi connectivity index (χ4v) is 2.52.